The van der Waals surface area contributed by atoms with Gasteiger partial charge in [-0.1, -0.05) is 0 Å². The number of aromatic nitrogens is 2. The van der Waals surface area contributed by atoms with Crippen molar-refractivity contribution in [3.63, 3.8) is 0 Å². The van der Waals surface area contributed by atoms with E-state index >= 15 is 0 Å². The van der Waals surface area contributed by atoms with Crippen molar-refractivity contribution in [2.24, 2.45) is 5.92 Å². The van der Waals surface area contributed by atoms with E-state index in [0.29, 0.717) is 21.2 Å². The molecule has 1 atom stereocenters. The van der Waals surface area contributed by atoms with Crippen LogP contribution in [0.4, 0.5) is 5.69 Å². The number of imidazole rings is 1. The number of nitrogens with one attached hydrogen (secondary N) is 3. The predicted octanol–water partition coefficient (Wildman–Crippen LogP) is 1.28. The first kappa shape index (κ1) is 13.3. The molecule has 2 rings (SSSR count). The standard InChI is InChI=1S/C11H10BrN3O4/c1-4(10(17)18)9(16)13-6-3-8-7(2-5(6)12)14-11(19)15-8/h2-4H,1H3,(H,13,16)(H,17,18)(H2,14,15,19). The molecule has 8 heteroatoms. The van der Waals surface area contributed by atoms with Gasteiger partial charge in [0.15, 0.2) is 0 Å². The first-order valence-electron chi connectivity index (χ1n) is 5.33. The van der Waals surface area contributed by atoms with Gasteiger partial charge in [-0.15, -0.1) is 0 Å². The topological polar surface area (TPSA) is 115 Å². The number of hydrogen-bond acceptors (Lipinski definition) is 3. The van der Waals surface area contributed by atoms with E-state index in [1.807, 2.05) is 0 Å². The fraction of sp³-hybridized carbons (Fsp3) is 0.182. The van der Waals surface area contributed by atoms with Gasteiger partial charge < -0.3 is 20.4 Å². The molecule has 1 amide bonds. The van der Waals surface area contributed by atoms with Crippen molar-refractivity contribution in [2.75, 3.05) is 5.32 Å². The monoisotopic (exact) mass is 327 g/mol. The Hall–Kier alpha value is -2.09. The third kappa shape index (κ3) is 2.68. The zero-order chi connectivity index (χ0) is 14.2. The maximum absolute atomic E-state index is 11.7. The average molecular weight is 328 g/mol. The highest BCUT2D eigenvalue weighted by molar-refractivity contribution is 9.10. The first-order chi connectivity index (χ1) is 8.88. The highest BCUT2D eigenvalue weighted by Gasteiger charge is 2.21. The van der Waals surface area contributed by atoms with Gasteiger partial charge in [0.05, 0.1) is 16.7 Å². The van der Waals surface area contributed by atoms with Gasteiger partial charge in [0.2, 0.25) is 5.91 Å². The molecule has 1 heterocycles. The van der Waals surface area contributed by atoms with Crippen LogP contribution in [0.3, 0.4) is 0 Å². The molecule has 0 aliphatic carbocycles. The van der Waals surface area contributed by atoms with Crippen molar-refractivity contribution >= 4 is 44.5 Å². The summed E-state index contributed by atoms with van der Waals surface area (Å²) in [6.45, 7) is 1.29. The van der Waals surface area contributed by atoms with Gasteiger partial charge in [0.25, 0.3) is 0 Å². The van der Waals surface area contributed by atoms with Gasteiger partial charge in [-0.2, -0.15) is 0 Å². The molecule has 0 bridgehead atoms. The Balaban J connectivity index is 2.35. The summed E-state index contributed by atoms with van der Waals surface area (Å²) < 4.78 is 0.543. The van der Waals surface area contributed by atoms with Gasteiger partial charge in [-0.05, 0) is 35.0 Å². The number of carbonyl (C=O) groups is 2. The van der Waals surface area contributed by atoms with Gasteiger partial charge >= 0.3 is 11.7 Å². The Morgan fingerprint density at radius 3 is 2.47 bits per heavy atom. The third-order valence-corrected chi connectivity index (χ3v) is 3.28. The molecule has 19 heavy (non-hydrogen) atoms. The second-order valence-corrected chi connectivity index (χ2v) is 4.86. The van der Waals surface area contributed by atoms with Crippen LogP contribution in [0.1, 0.15) is 6.92 Å². The van der Waals surface area contributed by atoms with E-state index < -0.39 is 17.8 Å². The molecule has 0 spiro atoms. The lowest BCUT2D eigenvalue weighted by Gasteiger charge is -2.10. The number of aliphatic carboxylic acids is 1. The molecule has 0 aliphatic heterocycles. The number of carboxylic acids is 1. The summed E-state index contributed by atoms with van der Waals surface area (Å²) in [6.07, 6.45) is 0. The number of anilines is 1. The van der Waals surface area contributed by atoms with E-state index in [0.717, 1.165) is 0 Å². The van der Waals surface area contributed by atoms with E-state index in [4.69, 9.17) is 5.11 Å². The number of hydrogen-bond donors (Lipinski definition) is 4. The summed E-state index contributed by atoms with van der Waals surface area (Å²) in [5, 5.41) is 11.2. The maximum atomic E-state index is 11.7. The van der Waals surface area contributed by atoms with Crippen LogP contribution in [0.25, 0.3) is 11.0 Å². The van der Waals surface area contributed by atoms with Crippen LogP contribution in [0.5, 0.6) is 0 Å². The maximum Gasteiger partial charge on any atom is 0.323 e. The Morgan fingerprint density at radius 1 is 1.32 bits per heavy atom. The highest BCUT2D eigenvalue weighted by atomic mass is 79.9. The summed E-state index contributed by atoms with van der Waals surface area (Å²) >= 11 is 3.24. The molecule has 7 nitrogen and oxygen atoms in total. The number of rotatable bonds is 3. The van der Waals surface area contributed by atoms with E-state index in [1.165, 1.54) is 6.92 Å². The Labute approximate surface area is 115 Å². The average Bonchev–Trinajstić information content (AvgIpc) is 2.67. The van der Waals surface area contributed by atoms with Crippen LogP contribution in [-0.2, 0) is 9.59 Å². The lowest BCUT2D eigenvalue weighted by atomic mass is 10.1. The molecule has 1 unspecified atom stereocenters. The van der Waals surface area contributed by atoms with Crippen molar-refractivity contribution in [3.05, 3.63) is 27.1 Å². The Bertz CT molecular complexity index is 718. The fourth-order valence-corrected chi connectivity index (χ4v) is 1.95. The molecule has 0 aliphatic rings. The van der Waals surface area contributed by atoms with Crippen LogP contribution in [-0.4, -0.2) is 27.0 Å². The molecule has 0 saturated heterocycles. The van der Waals surface area contributed by atoms with Crippen molar-refractivity contribution < 1.29 is 14.7 Å². The van der Waals surface area contributed by atoms with E-state index in [9.17, 15) is 14.4 Å². The van der Waals surface area contributed by atoms with Crippen LogP contribution >= 0.6 is 15.9 Å². The molecule has 100 valence electrons. The van der Waals surface area contributed by atoms with Gasteiger partial charge in [0, 0.05) is 4.47 Å². The lowest BCUT2D eigenvalue weighted by molar-refractivity contribution is -0.144. The minimum absolute atomic E-state index is 0.357. The molecular formula is C11H10BrN3O4. The van der Waals surface area contributed by atoms with Crippen LogP contribution in [0, 0.1) is 5.92 Å². The number of benzene rings is 1. The summed E-state index contributed by atoms with van der Waals surface area (Å²) in [5.41, 5.74) is 1.14. The van der Waals surface area contributed by atoms with Crippen molar-refractivity contribution in [3.8, 4) is 0 Å². The largest absolute Gasteiger partial charge is 0.481 e. The minimum Gasteiger partial charge on any atom is -0.481 e. The first-order valence-corrected chi connectivity index (χ1v) is 6.13. The molecule has 1 aromatic heterocycles. The Kier molecular flexibility index (Phi) is 3.43. The van der Waals surface area contributed by atoms with Crippen molar-refractivity contribution in [1.82, 2.24) is 9.97 Å². The summed E-state index contributed by atoms with van der Waals surface area (Å²) in [7, 11) is 0. The van der Waals surface area contributed by atoms with E-state index in [2.05, 4.69) is 31.2 Å². The van der Waals surface area contributed by atoms with Crippen LogP contribution in [0.15, 0.2) is 21.4 Å². The Morgan fingerprint density at radius 2 is 1.89 bits per heavy atom. The molecule has 2 aromatic rings. The number of fused-ring (bicyclic) bond motifs is 1. The second-order valence-electron chi connectivity index (χ2n) is 4.01. The van der Waals surface area contributed by atoms with Gasteiger partial charge in [-0.3, -0.25) is 9.59 Å². The number of aromatic amines is 2. The molecule has 0 saturated carbocycles. The van der Waals surface area contributed by atoms with Gasteiger partial charge in [-0.25, -0.2) is 4.79 Å². The summed E-state index contributed by atoms with van der Waals surface area (Å²) in [5.74, 6) is -3.00. The van der Waals surface area contributed by atoms with Gasteiger partial charge in [0.1, 0.15) is 5.92 Å². The number of carboxylic acid groups (broad SMARTS) is 1. The minimum atomic E-state index is -1.20. The molecule has 1 aromatic carbocycles. The SMILES string of the molecule is CC(C(=O)O)C(=O)Nc1cc2[nH]c(=O)[nH]c2cc1Br. The van der Waals surface area contributed by atoms with Crippen molar-refractivity contribution in [2.45, 2.75) is 6.92 Å². The molecule has 0 radical (unpaired) electrons. The zero-order valence-corrected chi connectivity index (χ0v) is 11.4. The number of H-pyrrole nitrogens is 2. The van der Waals surface area contributed by atoms with E-state index in [-0.39, 0.29) is 5.69 Å². The number of carbonyl (C=O) groups excluding carboxylic acids is 1. The predicted molar refractivity (Wildman–Crippen MR) is 72.0 cm³/mol. The van der Waals surface area contributed by atoms with Crippen LogP contribution in [0.2, 0.25) is 0 Å². The summed E-state index contributed by atoms with van der Waals surface area (Å²) in [6, 6.07) is 3.16. The lowest BCUT2D eigenvalue weighted by Crippen LogP contribution is -2.27. The number of amides is 1. The smallest absolute Gasteiger partial charge is 0.323 e. The molecular weight excluding hydrogens is 318 g/mol. The fourth-order valence-electron chi connectivity index (χ4n) is 1.50. The quantitative estimate of drug-likeness (QED) is 0.635. The zero-order valence-electron chi connectivity index (χ0n) is 9.78. The third-order valence-electron chi connectivity index (χ3n) is 2.63. The highest BCUT2D eigenvalue weighted by Crippen LogP contribution is 2.26. The van der Waals surface area contributed by atoms with Crippen molar-refractivity contribution in [1.29, 1.82) is 0 Å². The summed E-state index contributed by atoms with van der Waals surface area (Å²) in [4.78, 5) is 38.6. The van der Waals surface area contributed by atoms with Crippen LogP contribution < -0.4 is 11.0 Å². The second kappa shape index (κ2) is 4.88. The van der Waals surface area contributed by atoms with E-state index in [1.54, 1.807) is 12.1 Å². The molecule has 0 fully saturated rings. The number of halogens is 1. The molecule has 4 N–H and O–H groups in total. The normalized spacial score (nSPS) is 12.3.